The Morgan fingerprint density at radius 3 is 2.67 bits per heavy atom. The van der Waals surface area contributed by atoms with Crippen LogP contribution in [0.15, 0.2) is 18.2 Å². The van der Waals surface area contributed by atoms with Gasteiger partial charge in [-0.15, -0.1) is 0 Å². The lowest BCUT2D eigenvalue weighted by Crippen LogP contribution is -2.35. The molecule has 0 aromatic heterocycles. The van der Waals surface area contributed by atoms with Gasteiger partial charge in [-0.2, -0.15) is 0 Å². The molecule has 1 rings (SSSR count). The molecular formula is C12H17Cl2NO3. The molecular weight excluding hydrogens is 277 g/mol. The minimum Gasteiger partial charge on any atom is -0.489 e. The largest absolute Gasteiger partial charge is 0.489 e. The molecule has 0 spiro atoms. The molecule has 6 heteroatoms. The maximum atomic E-state index is 9.64. The highest BCUT2D eigenvalue weighted by molar-refractivity contribution is 6.34. The van der Waals surface area contributed by atoms with Crippen LogP contribution in [0.3, 0.4) is 0 Å². The summed E-state index contributed by atoms with van der Waals surface area (Å²) in [6.45, 7) is 2.53. The van der Waals surface area contributed by atoms with Crippen LogP contribution >= 0.6 is 23.2 Å². The van der Waals surface area contributed by atoms with Crippen LogP contribution in [0.2, 0.25) is 10.0 Å². The first kappa shape index (κ1) is 15.5. The highest BCUT2D eigenvalue weighted by atomic mass is 35.5. The van der Waals surface area contributed by atoms with Crippen molar-refractivity contribution >= 4 is 23.2 Å². The van der Waals surface area contributed by atoms with Crippen molar-refractivity contribution in [2.75, 3.05) is 19.7 Å². The molecule has 1 aromatic carbocycles. The third-order valence-corrected chi connectivity index (χ3v) is 2.69. The average molecular weight is 294 g/mol. The lowest BCUT2D eigenvalue weighted by Gasteiger charge is -2.14. The number of ether oxygens (including phenoxy) is 1. The van der Waals surface area contributed by atoms with Gasteiger partial charge in [-0.1, -0.05) is 23.2 Å². The quantitative estimate of drug-likeness (QED) is 0.716. The van der Waals surface area contributed by atoms with Gasteiger partial charge in [0, 0.05) is 24.2 Å². The number of aliphatic hydroxyl groups is 2. The van der Waals surface area contributed by atoms with Gasteiger partial charge in [-0.25, -0.2) is 0 Å². The fourth-order valence-corrected chi connectivity index (χ4v) is 1.63. The van der Waals surface area contributed by atoms with Crippen molar-refractivity contribution in [3.63, 3.8) is 0 Å². The molecule has 0 unspecified atom stereocenters. The van der Waals surface area contributed by atoms with Gasteiger partial charge in [-0.05, 0) is 19.1 Å². The van der Waals surface area contributed by atoms with E-state index in [4.69, 9.17) is 33.0 Å². The molecule has 0 heterocycles. The predicted molar refractivity (Wildman–Crippen MR) is 72.5 cm³/mol. The van der Waals surface area contributed by atoms with Crippen molar-refractivity contribution in [3.05, 3.63) is 28.2 Å². The molecule has 4 nitrogen and oxygen atoms in total. The zero-order valence-electron chi connectivity index (χ0n) is 10.1. The second kappa shape index (κ2) is 7.81. The Morgan fingerprint density at radius 2 is 2.00 bits per heavy atom. The van der Waals surface area contributed by atoms with E-state index >= 15 is 0 Å². The molecule has 102 valence electrons. The molecule has 1 aromatic rings. The van der Waals surface area contributed by atoms with E-state index < -0.39 is 12.2 Å². The van der Waals surface area contributed by atoms with Crippen LogP contribution in [0.4, 0.5) is 0 Å². The summed E-state index contributed by atoms with van der Waals surface area (Å²) >= 11 is 11.7. The summed E-state index contributed by atoms with van der Waals surface area (Å²) in [5.74, 6) is 0.443. The third-order valence-electron chi connectivity index (χ3n) is 2.14. The number of rotatable bonds is 7. The number of nitrogens with one attached hydrogen (secondary N) is 1. The van der Waals surface area contributed by atoms with E-state index in [0.29, 0.717) is 28.9 Å². The van der Waals surface area contributed by atoms with E-state index in [9.17, 15) is 5.11 Å². The number of hydrogen-bond donors (Lipinski definition) is 3. The molecule has 2 atom stereocenters. The van der Waals surface area contributed by atoms with Crippen molar-refractivity contribution in [1.29, 1.82) is 0 Å². The molecule has 0 bridgehead atoms. The normalized spacial score (nSPS) is 14.3. The molecule has 0 aliphatic rings. The number of aliphatic hydroxyl groups excluding tert-OH is 2. The van der Waals surface area contributed by atoms with E-state index in [2.05, 4.69) is 5.32 Å². The monoisotopic (exact) mass is 293 g/mol. The van der Waals surface area contributed by atoms with Gasteiger partial charge >= 0.3 is 0 Å². The summed E-state index contributed by atoms with van der Waals surface area (Å²) in [5.41, 5.74) is 0. The molecule has 18 heavy (non-hydrogen) atoms. The van der Waals surface area contributed by atoms with Gasteiger partial charge in [0.2, 0.25) is 0 Å². The first-order valence-electron chi connectivity index (χ1n) is 5.63. The molecule has 0 saturated heterocycles. The van der Waals surface area contributed by atoms with E-state index in [1.54, 1.807) is 25.1 Å². The lowest BCUT2D eigenvalue weighted by atomic mass is 10.3. The molecule has 0 saturated carbocycles. The van der Waals surface area contributed by atoms with E-state index in [1.165, 1.54) is 0 Å². The van der Waals surface area contributed by atoms with Crippen molar-refractivity contribution in [3.8, 4) is 5.75 Å². The lowest BCUT2D eigenvalue weighted by molar-refractivity contribution is 0.101. The Balaban J connectivity index is 2.33. The highest BCUT2D eigenvalue weighted by Gasteiger charge is 2.08. The summed E-state index contributed by atoms with van der Waals surface area (Å²) in [6.07, 6.45) is -1.13. The second-order valence-electron chi connectivity index (χ2n) is 4.05. The fourth-order valence-electron chi connectivity index (χ4n) is 1.29. The molecule has 0 aliphatic carbocycles. The van der Waals surface area contributed by atoms with Crippen LogP contribution in [-0.2, 0) is 0 Å². The maximum Gasteiger partial charge on any atom is 0.139 e. The number of halogens is 2. The van der Waals surface area contributed by atoms with Gasteiger partial charge in [-0.3, -0.25) is 0 Å². The highest BCUT2D eigenvalue weighted by Crippen LogP contribution is 2.27. The summed E-state index contributed by atoms with van der Waals surface area (Å²) in [5, 5.41) is 22.6. The third kappa shape index (κ3) is 5.89. The van der Waals surface area contributed by atoms with Gasteiger partial charge in [0.15, 0.2) is 0 Å². The minimum atomic E-state index is -0.682. The predicted octanol–water partition coefficient (Wildman–Crippen LogP) is 1.70. The summed E-state index contributed by atoms with van der Waals surface area (Å²) in [4.78, 5) is 0. The maximum absolute atomic E-state index is 9.64. The van der Waals surface area contributed by atoms with Crippen molar-refractivity contribution < 1.29 is 14.9 Å². The first-order valence-corrected chi connectivity index (χ1v) is 6.39. The zero-order valence-corrected chi connectivity index (χ0v) is 11.6. The Morgan fingerprint density at radius 1 is 1.28 bits per heavy atom. The molecule has 0 radical (unpaired) electrons. The van der Waals surface area contributed by atoms with Crippen LogP contribution in [0.1, 0.15) is 6.92 Å². The zero-order chi connectivity index (χ0) is 13.5. The minimum absolute atomic E-state index is 0.104. The Bertz CT molecular complexity index is 374. The molecule has 0 amide bonds. The van der Waals surface area contributed by atoms with Crippen molar-refractivity contribution in [2.24, 2.45) is 0 Å². The summed E-state index contributed by atoms with van der Waals surface area (Å²) < 4.78 is 5.37. The van der Waals surface area contributed by atoms with E-state index in [0.717, 1.165) is 0 Å². The van der Waals surface area contributed by atoms with Crippen LogP contribution in [-0.4, -0.2) is 42.1 Å². The van der Waals surface area contributed by atoms with Crippen LogP contribution < -0.4 is 10.1 Å². The van der Waals surface area contributed by atoms with Crippen molar-refractivity contribution in [2.45, 2.75) is 19.1 Å². The van der Waals surface area contributed by atoms with Crippen molar-refractivity contribution in [1.82, 2.24) is 5.32 Å². The van der Waals surface area contributed by atoms with Gasteiger partial charge in [0.25, 0.3) is 0 Å². The Kier molecular flexibility index (Phi) is 6.75. The molecule has 3 N–H and O–H groups in total. The van der Waals surface area contributed by atoms with Crippen LogP contribution in [0, 0.1) is 0 Å². The van der Waals surface area contributed by atoms with Gasteiger partial charge in [0.05, 0.1) is 11.1 Å². The van der Waals surface area contributed by atoms with Crippen LogP contribution in [0.5, 0.6) is 5.75 Å². The summed E-state index contributed by atoms with van der Waals surface area (Å²) in [7, 11) is 0. The SMILES string of the molecule is C[C@H](O)CNC[C@H](O)COc1cc(Cl)ccc1Cl. The second-order valence-corrected chi connectivity index (χ2v) is 4.89. The van der Waals surface area contributed by atoms with Gasteiger partial charge < -0.3 is 20.3 Å². The van der Waals surface area contributed by atoms with E-state index in [1.807, 2.05) is 0 Å². The topological polar surface area (TPSA) is 61.7 Å². The smallest absolute Gasteiger partial charge is 0.139 e. The molecule has 0 fully saturated rings. The van der Waals surface area contributed by atoms with E-state index in [-0.39, 0.29) is 6.61 Å². The Labute approximate surface area is 116 Å². The Hall–Kier alpha value is -0.520. The summed E-state index contributed by atoms with van der Waals surface area (Å²) in [6, 6.07) is 4.90. The fraction of sp³-hybridized carbons (Fsp3) is 0.500. The molecule has 0 aliphatic heterocycles. The van der Waals surface area contributed by atoms with Gasteiger partial charge in [0.1, 0.15) is 18.5 Å². The number of benzene rings is 1. The first-order chi connectivity index (χ1) is 8.49. The average Bonchev–Trinajstić information content (AvgIpc) is 2.30. The van der Waals surface area contributed by atoms with Crippen LogP contribution in [0.25, 0.3) is 0 Å². The number of hydrogen-bond acceptors (Lipinski definition) is 4. The standard InChI is InChI=1S/C12H17Cl2NO3/c1-8(16)5-15-6-10(17)7-18-12-4-9(13)2-3-11(12)14/h2-4,8,10,15-17H,5-7H2,1H3/t8-,10-/m0/s1.